The van der Waals surface area contributed by atoms with Gasteiger partial charge in [0.15, 0.2) is 11.6 Å². The molecule has 0 saturated carbocycles. The highest BCUT2D eigenvalue weighted by Gasteiger charge is 2.36. The summed E-state index contributed by atoms with van der Waals surface area (Å²) in [6.07, 6.45) is 6.30. The average molecular weight is 508 g/mol. The zero-order valence-corrected chi connectivity index (χ0v) is 20.8. The number of nitrogens with zero attached hydrogens (tertiary/aromatic N) is 1. The summed E-state index contributed by atoms with van der Waals surface area (Å²) in [4.78, 5) is 32.5. The maximum atomic E-state index is 14.5. The smallest absolute Gasteiger partial charge is 0.255 e. The van der Waals surface area contributed by atoms with E-state index in [-0.39, 0.29) is 29.5 Å². The first kappa shape index (κ1) is 24.8. The first-order valence-electron chi connectivity index (χ1n) is 12.4. The van der Waals surface area contributed by atoms with Gasteiger partial charge in [-0.3, -0.25) is 9.78 Å². The van der Waals surface area contributed by atoms with Crippen LogP contribution in [0.4, 0.5) is 15.8 Å². The highest BCUT2D eigenvalue weighted by Crippen LogP contribution is 2.44. The van der Waals surface area contributed by atoms with Crippen LogP contribution in [-0.4, -0.2) is 55.0 Å². The summed E-state index contributed by atoms with van der Waals surface area (Å²) >= 11 is 0. The van der Waals surface area contributed by atoms with E-state index in [1.807, 2.05) is 6.92 Å². The van der Waals surface area contributed by atoms with Gasteiger partial charge in [0.2, 0.25) is 0 Å². The van der Waals surface area contributed by atoms with Crippen LogP contribution in [0.3, 0.4) is 0 Å². The molecule has 3 atom stereocenters. The molecule has 4 N–H and O–H groups in total. The number of aromatic amines is 1. The Hall–Kier alpha value is -3.92. The molecule has 1 saturated heterocycles. The lowest BCUT2D eigenvalue weighted by molar-refractivity contribution is -0.111. The molecule has 4 heterocycles. The Morgan fingerprint density at radius 1 is 1.32 bits per heavy atom. The number of rotatable bonds is 9. The van der Waals surface area contributed by atoms with Crippen LogP contribution in [-0.2, 0) is 4.79 Å². The number of fused-ring (bicyclic) bond motifs is 1. The van der Waals surface area contributed by atoms with Gasteiger partial charge >= 0.3 is 0 Å². The molecule has 2 aromatic heterocycles. The van der Waals surface area contributed by atoms with Crippen LogP contribution in [0.1, 0.15) is 41.7 Å². The number of aldehydes is 1. The van der Waals surface area contributed by atoms with Crippen LogP contribution >= 0.6 is 0 Å². The number of hydrogen-bond acceptors (Lipinski definition) is 7. The van der Waals surface area contributed by atoms with Crippen LogP contribution < -0.4 is 25.4 Å². The summed E-state index contributed by atoms with van der Waals surface area (Å²) in [6.45, 7) is 3.58. The number of anilines is 2. The number of methoxy groups -OCH3 is 1. The number of carbonyl (C=O) groups is 2. The molecule has 9 nitrogen and oxygen atoms in total. The maximum absolute atomic E-state index is 14.5. The molecule has 194 valence electrons. The molecule has 1 fully saturated rings. The van der Waals surface area contributed by atoms with E-state index in [0.717, 1.165) is 25.7 Å². The third kappa shape index (κ3) is 4.76. The number of benzene rings is 1. The highest BCUT2D eigenvalue weighted by molar-refractivity contribution is 6.07. The second-order valence-corrected chi connectivity index (χ2v) is 9.40. The van der Waals surface area contributed by atoms with Gasteiger partial charge in [0, 0.05) is 41.9 Å². The van der Waals surface area contributed by atoms with Crippen LogP contribution in [0, 0.1) is 11.7 Å². The van der Waals surface area contributed by atoms with Gasteiger partial charge in [0.05, 0.1) is 35.9 Å². The minimum atomic E-state index is -0.535. The molecule has 2 unspecified atom stereocenters. The van der Waals surface area contributed by atoms with Gasteiger partial charge in [-0.2, -0.15) is 0 Å². The quantitative estimate of drug-likeness (QED) is 0.326. The molecule has 2 aliphatic rings. The molecule has 10 heteroatoms. The normalized spacial score (nSPS) is 19.6. The number of nitrogens with one attached hydrogen (secondary N) is 4. The van der Waals surface area contributed by atoms with E-state index in [0.29, 0.717) is 52.8 Å². The number of halogens is 1. The third-order valence-electron chi connectivity index (χ3n) is 7.05. The fraction of sp³-hybridized carbons (Fsp3) is 0.370. The van der Waals surface area contributed by atoms with Crippen molar-refractivity contribution < 1.29 is 23.5 Å². The predicted octanol–water partition coefficient (Wildman–Crippen LogP) is 3.76. The molecule has 3 aromatic rings. The molecule has 0 spiro atoms. The van der Waals surface area contributed by atoms with Crippen LogP contribution in [0.5, 0.6) is 11.5 Å². The summed E-state index contributed by atoms with van der Waals surface area (Å²) in [7, 11) is 1.39. The van der Waals surface area contributed by atoms with E-state index in [1.54, 1.807) is 30.6 Å². The summed E-state index contributed by atoms with van der Waals surface area (Å²) in [6, 6.07) is 6.60. The van der Waals surface area contributed by atoms with Crippen molar-refractivity contribution in [3.63, 3.8) is 0 Å². The molecule has 0 radical (unpaired) electrons. The Morgan fingerprint density at radius 2 is 2.19 bits per heavy atom. The largest absolute Gasteiger partial charge is 0.492 e. The van der Waals surface area contributed by atoms with E-state index in [9.17, 15) is 14.0 Å². The summed E-state index contributed by atoms with van der Waals surface area (Å²) in [5, 5.41) is 9.55. The lowest BCUT2D eigenvalue weighted by atomic mass is 9.87. The van der Waals surface area contributed by atoms with Gasteiger partial charge in [-0.05, 0) is 37.6 Å². The van der Waals surface area contributed by atoms with Gasteiger partial charge in [-0.15, -0.1) is 0 Å². The SMILES string of the molecule is COc1c(F)cccc1Nc1c(-c2ccncc2OC[C@@H]2CCCN2)[nH]c2c1C(=O)NCC2C(C)C=O. The Morgan fingerprint density at radius 3 is 2.95 bits per heavy atom. The van der Waals surface area contributed by atoms with Crippen molar-refractivity contribution >= 4 is 23.6 Å². The number of pyridine rings is 1. The van der Waals surface area contributed by atoms with Crippen molar-refractivity contribution in [2.45, 2.75) is 31.7 Å². The third-order valence-corrected chi connectivity index (χ3v) is 7.05. The van der Waals surface area contributed by atoms with Crippen molar-refractivity contribution in [3.05, 3.63) is 53.7 Å². The molecular weight excluding hydrogens is 477 g/mol. The van der Waals surface area contributed by atoms with Crippen molar-refractivity contribution in [1.29, 1.82) is 0 Å². The number of hydrogen-bond donors (Lipinski definition) is 4. The zero-order chi connectivity index (χ0) is 25.9. The molecule has 1 amide bonds. The summed E-state index contributed by atoms with van der Waals surface area (Å²) in [5.41, 5.74) is 3.06. The lowest BCUT2D eigenvalue weighted by Crippen LogP contribution is -2.37. The van der Waals surface area contributed by atoms with Crippen molar-refractivity contribution in [2.24, 2.45) is 5.92 Å². The fourth-order valence-electron chi connectivity index (χ4n) is 5.04. The highest BCUT2D eigenvalue weighted by atomic mass is 19.1. The first-order chi connectivity index (χ1) is 18.0. The maximum Gasteiger partial charge on any atom is 0.255 e. The van der Waals surface area contributed by atoms with E-state index in [4.69, 9.17) is 9.47 Å². The van der Waals surface area contributed by atoms with Crippen molar-refractivity contribution in [3.8, 4) is 22.8 Å². The Balaban J connectivity index is 1.64. The van der Waals surface area contributed by atoms with Crippen molar-refractivity contribution in [2.75, 3.05) is 32.1 Å². The number of aromatic nitrogens is 2. The molecule has 0 aliphatic carbocycles. The Kier molecular flexibility index (Phi) is 7.09. The van der Waals surface area contributed by atoms with Gasteiger partial charge in [-0.25, -0.2) is 4.39 Å². The van der Waals surface area contributed by atoms with E-state index >= 15 is 0 Å². The number of ether oxygens (including phenoxy) is 2. The summed E-state index contributed by atoms with van der Waals surface area (Å²) in [5.74, 6) is -0.865. The average Bonchev–Trinajstić information content (AvgIpc) is 3.56. The van der Waals surface area contributed by atoms with Gasteiger partial charge in [0.25, 0.3) is 5.91 Å². The number of para-hydroxylation sites is 1. The first-order valence-corrected chi connectivity index (χ1v) is 12.4. The van der Waals surface area contributed by atoms with E-state index in [2.05, 4.69) is 25.9 Å². The fourth-order valence-corrected chi connectivity index (χ4v) is 5.04. The second-order valence-electron chi connectivity index (χ2n) is 9.40. The summed E-state index contributed by atoms with van der Waals surface area (Å²) < 4.78 is 26.0. The second kappa shape index (κ2) is 10.6. The zero-order valence-electron chi connectivity index (χ0n) is 20.8. The van der Waals surface area contributed by atoms with Gasteiger partial charge < -0.3 is 35.2 Å². The molecule has 37 heavy (non-hydrogen) atoms. The topological polar surface area (TPSA) is 117 Å². The number of carbonyl (C=O) groups excluding carboxylic acids is 2. The van der Waals surface area contributed by atoms with Gasteiger partial charge in [-0.1, -0.05) is 13.0 Å². The number of amides is 1. The number of H-pyrrole nitrogens is 1. The minimum absolute atomic E-state index is 0.0240. The van der Waals surface area contributed by atoms with Crippen LogP contribution in [0.15, 0.2) is 36.7 Å². The molecule has 1 aromatic carbocycles. The predicted molar refractivity (Wildman–Crippen MR) is 137 cm³/mol. The molecule has 5 rings (SSSR count). The van der Waals surface area contributed by atoms with Crippen molar-refractivity contribution in [1.82, 2.24) is 20.6 Å². The molecular formula is C27H30FN5O4. The minimum Gasteiger partial charge on any atom is -0.492 e. The monoisotopic (exact) mass is 507 g/mol. The Bertz CT molecular complexity index is 1300. The molecule has 0 bridgehead atoms. The Labute approximate surface area is 214 Å². The van der Waals surface area contributed by atoms with Crippen LogP contribution in [0.2, 0.25) is 0 Å². The van der Waals surface area contributed by atoms with E-state index in [1.165, 1.54) is 13.2 Å². The van der Waals surface area contributed by atoms with Gasteiger partial charge in [0.1, 0.15) is 18.6 Å². The standard InChI is InChI=1S/C27H30FN5O4/c1-15(13-34)18-11-31-27(35)22-23(18)33-24(25(22)32-20-7-3-6-19(28)26(20)36-2)17-8-10-29-12-21(17)37-14-16-5-4-9-30-16/h3,6-8,10,12-13,15-16,18,30,32-33H,4-5,9,11,14H2,1-2H3,(H,31,35)/t15?,16-,18?/m0/s1. The van der Waals surface area contributed by atoms with E-state index < -0.39 is 5.82 Å². The van der Waals surface area contributed by atoms with Crippen LogP contribution in [0.25, 0.3) is 11.3 Å². The molecule has 2 aliphatic heterocycles. The lowest BCUT2D eigenvalue weighted by Gasteiger charge is -2.26.